The molecule has 5 heteroatoms. The van der Waals surface area contributed by atoms with Gasteiger partial charge in [0.2, 0.25) is 0 Å². The van der Waals surface area contributed by atoms with E-state index in [4.69, 9.17) is 16.3 Å². The van der Waals surface area contributed by atoms with Crippen molar-refractivity contribution < 1.29 is 4.74 Å². The van der Waals surface area contributed by atoms with E-state index >= 15 is 0 Å². The third kappa shape index (κ3) is 2.56. The summed E-state index contributed by atoms with van der Waals surface area (Å²) in [5, 5.41) is 3.98. The van der Waals surface area contributed by atoms with Gasteiger partial charge in [0.25, 0.3) is 0 Å². The summed E-state index contributed by atoms with van der Waals surface area (Å²) in [6.07, 6.45) is 5.84. The smallest absolute Gasteiger partial charge is 0.137 e. The monoisotopic (exact) mass is 281 g/mol. The van der Waals surface area contributed by atoms with Gasteiger partial charge in [0.1, 0.15) is 16.8 Å². The van der Waals surface area contributed by atoms with Crippen LogP contribution in [0.2, 0.25) is 5.15 Å². The Hall–Kier alpha value is -0.870. The summed E-state index contributed by atoms with van der Waals surface area (Å²) in [6, 6.07) is 0. The summed E-state index contributed by atoms with van der Waals surface area (Å²) in [5.74, 6) is 2.27. The molecule has 0 atom stereocenters. The van der Waals surface area contributed by atoms with Crippen LogP contribution in [0.25, 0.3) is 0 Å². The number of hydrogen-bond acceptors (Lipinski definition) is 4. The SMILES string of the molecule is COC1(CNc2nc(C3CC3)nc(Cl)c2C)CCC1. The van der Waals surface area contributed by atoms with Crippen LogP contribution in [0.1, 0.15) is 49.4 Å². The third-order valence-corrected chi connectivity index (χ3v) is 4.69. The summed E-state index contributed by atoms with van der Waals surface area (Å²) < 4.78 is 5.62. The first kappa shape index (κ1) is 13.1. The summed E-state index contributed by atoms with van der Waals surface area (Å²) in [7, 11) is 1.79. The molecule has 1 N–H and O–H groups in total. The first-order chi connectivity index (χ1) is 9.13. The number of rotatable bonds is 5. The lowest BCUT2D eigenvalue weighted by Gasteiger charge is -2.40. The molecule has 2 aliphatic carbocycles. The minimum atomic E-state index is -0.0103. The molecule has 104 valence electrons. The Morgan fingerprint density at radius 3 is 2.63 bits per heavy atom. The Labute approximate surface area is 118 Å². The van der Waals surface area contributed by atoms with Crippen molar-refractivity contribution in [3.8, 4) is 0 Å². The minimum Gasteiger partial charge on any atom is -0.376 e. The van der Waals surface area contributed by atoms with Crippen LogP contribution in [0.3, 0.4) is 0 Å². The van der Waals surface area contributed by atoms with Crippen molar-refractivity contribution in [3.63, 3.8) is 0 Å². The van der Waals surface area contributed by atoms with Crippen molar-refractivity contribution in [1.29, 1.82) is 0 Å². The lowest BCUT2D eigenvalue weighted by Crippen LogP contribution is -2.45. The molecule has 0 amide bonds. The fourth-order valence-corrected chi connectivity index (χ4v) is 2.65. The number of anilines is 1. The standard InChI is InChI=1S/C14H20ClN3O/c1-9-11(15)17-13(10-4-5-10)18-12(9)16-8-14(19-2)6-3-7-14/h10H,3-8H2,1-2H3,(H,16,17,18). The van der Waals surface area contributed by atoms with E-state index in [-0.39, 0.29) is 5.60 Å². The summed E-state index contributed by atoms with van der Waals surface area (Å²) in [5.41, 5.74) is 0.917. The molecular formula is C14H20ClN3O. The van der Waals surface area contributed by atoms with Crippen LogP contribution in [0.5, 0.6) is 0 Å². The van der Waals surface area contributed by atoms with E-state index in [2.05, 4.69) is 15.3 Å². The second-order valence-electron chi connectivity index (χ2n) is 5.71. The van der Waals surface area contributed by atoms with E-state index in [1.54, 1.807) is 7.11 Å². The molecule has 0 aliphatic heterocycles. The molecule has 0 unspecified atom stereocenters. The molecule has 0 spiro atoms. The zero-order valence-corrected chi connectivity index (χ0v) is 12.3. The maximum atomic E-state index is 6.20. The number of halogens is 1. The van der Waals surface area contributed by atoms with Gasteiger partial charge in [-0.05, 0) is 39.0 Å². The average Bonchev–Trinajstić information content (AvgIpc) is 3.17. The molecule has 2 fully saturated rings. The number of ether oxygens (including phenoxy) is 1. The van der Waals surface area contributed by atoms with Gasteiger partial charge in [0, 0.05) is 25.1 Å². The van der Waals surface area contributed by atoms with Gasteiger partial charge in [-0.2, -0.15) is 0 Å². The van der Waals surface area contributed by atoms with Crippen LogP contribution >= 0.6 is 11.6 Å². The molecule has 0 radical (unpaired) electrons. The average molecular weight is 282 g/mol. The quantitative estimate of drug-likeness (QED) is 0.841. The predicted octanol–water partition coefficient (Wildman–Crippen LogP) is 3.30. The van der Waals surface area contributed by atoms with Crippen LogP contribution < -0.4 is 5.32 Å². The van der Waals surface area contributed by atoms with Crippen molar-refractivity contribution in [2.24, 2.45) is 0 Å². The summed E-state index contributed by atoms with van der Waals surface area (Å²) in [4.78, 5) is 9.01. The lowest BCUT2D eigenvalue weighted by atomic mass is 9.80. The highest BCUT2D eigenvalue weighted by Crippen LogP contribution is 2.40. The number of hydrogen-bond donors (Lipinski definition) is 1. The van der Waals surface area contributed by atoms with Crippen molar-refractivity contribution in [3.05, 3.63) is 16.5 Å². The van der Waals surface area contributed by atoms with Crippen LogP contribution in [-0.2, 0) is 4.74 Å². The fourth-order valence-electron chi connectivity index (χ4n) is 2.47. The Morgan fingerprint density at radius 1 is 1.37 bits per heavy atom. The maximum Gasteiger partial charge on any atom is 0.137 e. The van der Waals surface area contributed by atoms with Gasteiger partial charge in [0.15, 0.2) is 0 Å². The molecular weight excluding hydrogens is 262 g/mol. The molecule has 3 rings (SSSR count). The predicted molar refractivity (Wildman–Crippen MR) is 75.8 cm³/mol. The topological polar surface area (TPSA) is 47.0 Å². The van der Waals surface area contributed by atoms with Crippen LogP contribution in [0, 0.1) is 6.92 Å². The van der Waals surface area contributed by atoms with Gasteiger partial charge < -0.3 is 10.1 Å². The van der Waals surface area contributed by atoms with Gasteiger partial charge in [0.05, 0.1) is 5.60 Å². The number of nitrogens with zero attached hydrogens (tertiary/aromatic N) is 2. The Morgan fingerprint density at radius 2 is 2.11 bits per heavy atom. The van der Waals surface area contributed by atoms with Crippen molar-refractivity contribution in [2.75, 3.05) is 19.0 Å². The fraction of sp³-hybridized carbons (Fsp3) is 0.714. The van der Waals surface area contributed by atoms with Gasteiger partial charge in [-0.3, -0.25) is 0 Å². The zero-order chi connectivity index (χ0) is 13.5. The molecule has 0 bridgehead atoms. The molecule has 4 nitrogen and oxygen atoms in total. The molecule has 1 heterocycles. The molecule has 1 aromatic heterocycles. The summed E-state index contributed by atoms with van der Waals surface area (Å²) in [6.45, 7) is 2.75. The number of methoxy groups -OCH3 is 1. The highest BCUT2D eigenvalue weighted by atomic mass is 35.5. The number of aromatic nitrogens is 2. The van der Waals surface area contributed by atoms with Gasteiger partial charge in [-0.25, -0.2) is 9.97 Å². The molecule has 19 heavy (non-hydrogen) atoms. The first-order valence-corrected chi connectivity index (χ1v) is 7.34. The maximum absolute atomic E-state index is 6.20. The van der Waals surface area contributed by atoms with E-state index in [9.17, 15) is 0 Å². The van der Waals surface area contributed by atoms with E-state index in [0.717, 1.165) is 36.6 Å². The minimum absolute atomic E-state index is 0.0103. The largest absolute Gasteiger partial charge is 0.376 e. The normalized spacial score (nSPS) is 21.0. The Bertz CT molecular complexity index is 478. The first-order valence-electron chi connectivity index (χ1n) is 6.97. The van der Waals surface area contributed by atoms with Crippen molar-refractivity contribution in [1.82, 2.24) is 9.97 Å². The van der Waals surface area contributed by atoms with Gasteiger partial charge in [-0.1, -0.05) is 11.6 Å². The lowest BCUT2D eigenvalue weighted by molar-refractivity contribution is -0.0601. The van der Waals surface area contributed by atoms with E-state index in [0.29, 0.717) is 11.1 Å². The number of nitrogens with one attached hydrogen (secondary N) is 1. The molecule has 1 aromatic rings. The van der Waals surface area contributed by atoms with Crippen LogP contribution in [0.4, 0.5) is 5.82 Å². The van der Waals surface area contributed by atoms with Gasteiger partial charge in [-0.15, -0.1) is 0 Å². The highest BCUT2D eigenvalue weighted by molar-refractivity contribution is 6.30. The summed E-state index contributed by atoms with van der Waals surface area (Å²) >= 11 is 6.20. The molecule has 2 aliphatic rings. The van der Waals surface area contributed by atoms with Crippen LogP contribution in [-0.4, -0.2) is 29.2 Å². The Kier molecular flexibility index (Phi) is 3.39. The Balaban J connectivity index is 1.75. The van der Waals surface area contributed by atoms with Crippen molar-refractivity contribution >= 4 is 17.4 Å². The van der Waals surface area contributed by atoms with Gasteiger partial charge >= 0.3 is 0 Å². The van der Waals surface area contributed by atoms with E-state index in [1.165, 1.54) is 19.3 Å². The molecule has 0 saturated heterocycles. The second kappa shape index (κ2) is 4.91. The molecule has 0 aromatic carbocycles. The highest BCUT2D eigenvalue weighted by Gasteiger charge is 2.37. The van der Waals surface area contributed by atoms with Crippen LogP contribution in [0.15, 0.2) is 0 Å². The van der Waals surface area contributed by atoms with E-state index in [1.807, 2.05) is 6.92 Å². The van der Waals surface area contributed by atoms with E-state index < -0.39 is 0 Å². The second-order valence-corrected chi connectivity index (χ2v) is 6.07. The zero-order valence-electron chi connectivity index (χ0n) is 11.5. The third-order valence-electron chi connectivity index (χ3n) is 4.32. The van der Waals surface area contributed by atoms with Crippen molar-refractivity contribution in [2.45, 2.75) is 50.5 Å². The molecule has 2 saturated carbocycles.